The number of aromatic nitrogens is 2. The van der Waals surface area contributed by atoms with Crippen molar-refractivity contribution in [3.63, 3.8) is 0 Å². The van der Waals surface area contributed by atoms with Crippen molar-refractivity contribution in [1.29, 1.82) is 0 Å². The van der Waals surface area contributed by atoms with Gasteiger partial charge in [-0.15, -0.1) is 0 Å². The monoisotopic (exact) mass is 365 g/mol. The Bertz CT molecular complexity index is 542. The largest absolute Gasteiger partial charge is 0.334 e. The van der Waals surface area contributed by atoms with E-state index in [1.54, 1.807) is 6.20 Å². The minimum Gasteiger partial charge on any atom is -0.334 e. The molecule has 1 aromatic rings. The molecule has 1 N–H and O–H groups in total. The molecule has 116 valence electrons. The van der Waals surface area contributed by atoms with Crippen molar-refractivity contribution < 1.29 is 8.42 Å². The molecule has 0 saturated heterocycles. The third-order valence-corrected chi connectivity index (χ3v) is 5.41. The quantitative estimate of drug-likeness (QED) is 0.720. The maximum absolute atomic E-state index is 12.4. The van der Waals surface area contributed by atoms with Gasteiger partial charge in [-0.25, -0.2) is 18.1 Å². The van der Waals surface area contributed by atoms with Gasteiger partial charge in [0.2, 0.25) is 0 Å². The normalized spacial score (nSPS) is 15.2. The summed E-state index contributed by atoms with van der Waals surface area (Å²) in [6.07, 6.45) is 4.02. The number of halogens is 1. The van der Waals surface area contributed by atoms with Gasteiger partial charge in [0.25, 0.3) is 10.0 Å². The molecule has 0 saturated carbocycles. The first-order valence-corrected chi connectivity index (χ1v) is 9.52. The molecule has 0 aliphatic rings. The number of nitrogens with one attached hydrogen (secondary N) is 1. The summed E-state index contributed by atoms with van der Waals surface area (Å²) in [5.41, 5.74) is -0.454. The third kappa shape index (κ3) is 4.30. The van der Waals surface area contributed by atoms with Gasteiger partial charge in [-0.2, -0.15) is 0 Å². The fourth-order valence-corrected chi connectivity index (χ4v) is 4.35. The van der Waals surface area contributed by atoms with Crippen molar-refractivity contribution in [1.82, 2.24) is 14.3 Å². The summed E-state index contributed by atoms with van der Waals surface area (Å²) in [5, 5.41) is 0.862. The minimum absolute atomic E-state index is 0.109. The van der Waals surface area contributed by atoms with Gasteiger partial charge in [-0.05, 0) is 33.1 Å². The SMILES string of the molecule is CCCn1cc(S(=O)(=O)NC(C)(CC)CCBr)nc1C. The van der Waals surface area contributed by atoms with Crippen LogP contribution in [-0.4, -0.2) is 28.8 Å². The molecule has 0 bridgehead atoms. The van der Waals surface area contributed by atoms with Gasteiger partial charge < -0.3 is 4.57 Å². The molecule has 1 rings (SSSR count). The van der Waals surface area contributed by atoms with Gasteiger partial charge in [-0.1, -0.05) is 29.8 Å². The topological polar surface area (TPSA) is 64.0 Å². The lowest BCUT2D eigenvalue weighted by Crippen LogP contribution is -2.45. The first-order valence-electron chi connectivity index (χ1n) is 6.91. The van der Waals surface area contributed by atoms with Gasteiger partial charge in [-0.3, -0.25) is 0 Å². The van der Waals surface area contributed by atoms with Crippen LogP contribution in [0.25, 0.3) is 0 Å². The fraction of sp³-hybridized carbons (Fsp3) is 0.769. The van der Waals surface area contributed by atoms with Crippen LogP contribution in [-0.2, 0) is 16.6 Å². The summed E-state index contributed by atoms with van der Waals surface area (Å²) in [5.74, 6) is 0.728. The first-order chi connectivity index (χ1) is 9.28. The Morgan fingerprint density at radius 3 is 2.60 bits per heavy atom. The van der Waals surface area contributed by atoms with Crippen LogP contribution < -0.4 is 4.72 Å². The second-order valence-electron chi connectivity index (χ2n) is 5.28. The molecular formula is C13H24BrN3O2S. The van der Waals surface area contributed by atoms with E-state index in [9.17, 15) is 8.42 Å². The molecule has 0 fully saturated rings. The van der Waals surface area contributed by atoms with Crippen LogP contribution >= 0.6 is 15.9 Å². The van der Waals surface area contributed by atoms with E-state index in [4.69, 9.17) is 0 Å². The molecule has 1 unspecified atom stereocenters. The molecule has 1 aromatic heterocycles. The zero-order valence-corrected chi connectivity index (χ0v) is 15.0. The molecule has 7 heteroatoms. The van der Waals surface area contributed by atoms with Gasteiger partial charge in [0.1, 0.15) is 5.82 Å². The van der Waals surface area contributed by atoms with Crippen molar-refractivity contribution >= 4 is 26.0 Å². The Morgan fingerprint density at radius 2 is 2.10 bits per heavy atom. The molecule has 0 aromatic carbocycles. The first kappa shape index (κ1) is 17.7. The van der Waals surface area contributed by atoms with Crippen molar-refractivity contribution in [2.45, 2.75) is 64.1 Å². The Balaban J connectivity index is 3.01. The highest BCUT2D eigenvalue weighted by molar-refractivity contribution is 9.09. The molecular weight excluding hydrogens is 342 g/mol. The second-order valence-corrected chi connectivity index (χ2v) is 7.70. The Morgan fingerprint density at radius 1 is 1.45 bits per heavy atom. The standard InChI is InChI=1S/C13H24BrN3O2S/c1-5-9-17-10-12(15-11(17)3)20(18,19)16-13(4,6-2)7-8-14/h10,16H,5-9H2,1-4H3. The van der Waals surface area contributed by atoms with Crippen LogP contribution in [0.3, 0.4) is 0 Å². The highest BCUT2D eigenvalue weighted by Crippen LogP contribution is 2.20. The van der Waals surface area contributed by atoms with Crippen LogP contribution in [0.15, 0.2) is 11.2 Å². The van der Waals surface area contributed by atoms with E-state index in [0.717, 1.165) is 37.0 Å². The summed E-state index contributed by atoms with van der Waals surface area (Å²) < 4.78 is 29.6. The van der Waals surface area contributed by atoms with Crippen LogP contribution in [0.4, 0.5) is 0 Å². The molecule has 20 heavy (non-hydrogen) atoms. The van der Waals surface area contributed by atoms with Gasteiger partial charge in [0.05, 0.1) is 0 Å². The summed E-state index contributed by atoms with van der Waals surface area (Å²) in [6, 6.07) is 0. The molecule has 0 radical (unpaired) electrons. The van der Waals surface area contributed by atoms with Gasteiger partial charge in [0.15, 0.2) is 5.03 Å². The average molecular weight is 366 g/mol. The van der Waals surface area contributed by atoms with E-state index in [-0.39, 0.29) is 5.03 Å². The molecule has 0 spiro atoms. The average Bonchev–Trinajstić information content (AvgIpc) is 2.72. The number of aryl methyl sites for hydroxylation is 2. The lowest BCUT2D eigenvalue weighted by molar-refractivity contribution is 0.392. The van der Waals surface area contributed by atoms with Crippen LogP contribution in [0.5, 0.6) is 0 Å². The van der Waals surface area contributed by atoms with E-state index >= 15 is 0 Å². The van der Waals surface area contributed by atoms with Crippen LogP contribution in [0, 0.1) is 6.92 Å². The maximum atomic E-state index is 12.4. The Hall–Kier alpha value is -0.400. The smallest absolute Gasteiger partial charge is 0.260 e. The minimum atomic E-state index is -3.58. The predicted molar refractivity (Wildman–Crippen MR) is 84.7 cm³/mol. The van der Waals surface area contributed by atoms with Crippen molar-refractivity contribution in [3.8, 4) is 0 Å². The number of nitrogens with zero attached hydrogens (tertiary/aromatic N) is 2. The van der Waals surface area contributed by atoms with Gasteiger partial charge in [0, 0.05) is 23.6 Å². The van der Waals surface area contributed by atoms with E-state index < -0.39 is 15.6 Å². The summed E-state index contributed by atoms with van der Waals surface area (Å²) in [6.45, 7) is 8.55. The molecule has 5 nitrogen and oxygen atoms in total. The highest BCUT2D eigenvalue weighted by Gasteiger charge is 2.30. The van der Waals surface area contributed by atoms with Gasteiger partial charge >= 0.3 is 0 Å². The fourth-order valence-electron chi connectivity index (χ4n) is 1.96. The van der Waals surface area contributed by atoms with E-state index in [1.165, 1.54) is 0 Å². The molecule has 0 amide bonds. The number of imidazole rings is 1. The Kier molecular flexibility index (Phi) is 6.22. The lowest BCUT2D eigenvalue weighted by Gasteiger charge is -2.28. The highest BCUT2D eigenvalue weighted by atomic mass is 79.9. The molecule has 0 aliphatic heterocycles. The molecule has 0 aliphatic carbocycles. The Labute approximate surface area is 130 Å². The number of alkyl halides is 1. The molecule has 1 heterocycles. The number of hydrogen-bond acceptors (Lipinski definition) is 3. The van der Waals surface area contributed by atoms with Crippen LogP contribution in [0.1, 0.15) is 45.9 Å². The second kappa shape index (κ2) is 7.04. The number of rotatable bonds is 8. The van der Waals surface area contributed by atoms with Crippen LogP contribution in [0.2, 0.25) is 0 Å². The third-order valence-electron chi connectivity index (χ3n) is 3.50. The summed E-state index contributed by atoms with van der Waals surface area (Å²) in [7, 11) is -3.58. The summed E-state index contributed by atoms with van der Waals surface area (Å²) >= 11 is 3.37. The predicted octanol–water partition coefficient (Wildman–Crippen LogP) is 2.83. The number of sulfonamides is 1. The zero-order valence-electron chi connectivity index (χ0n) is 12.6. The van der Waals surface area contributed by atoms with E-state index in [1.807, 2.05) is 25.3 Å². The van der Waals surface area contributed by atoms with E-state index in [0.29, 0.717) is 0 Å². The van der Waals surface area contributed by atoms with E-state index in [2.05, 4.69) is 32.6 Å². The maximum Gasteiger partial charge on any atom is 0.260 e. The van der Waals surface area contributed by atoms with Crippen molar-refractivity contribution in [2.24, 2.45) is 0 Å². The molecule has 1 atom stereocenters. The lowest BCUT2D eigenvalue weighted by atomic mass is 9.98. The summed E-state index contributed by atoms with van der Waals surface area (Å²) in [4.78, 5) is 4.18. The van der Waals surface area contributed by atoms with Crippen molar-refractivity contribution in [3.05, 3.63) is 12.0 Å². The van der Waals surface area contributed by atoms with Crippen molar-refractivity contribution in [2.75, 3.05) is 5.33 Å². The number of hydrogen-bond donors (Lipinski definition) is 1. The zero-order chi connectivity index (χ0) is 15.4.